The van der Waals surface area contributed by atoms with E-state index < -0.39 is 10.0 Å². The van der Waals surface area contributed by atoms with Crippen LogP contribution in [-0.4, -0.2) is 27.2 Å². The summed E-state index contributed by atoms with van der Waals surface area (Å²) in [5, 5.41) is 2.80. The Morgan fingerprint density at radius 1 is 0.900 bits per heavy atom. The molecule has 0 aliphatic carbocycles. The van der Waals surface area contributed by atoms with Gasteiger partial charge in [0.2, 0.25) is 0 Å². The maximum Gasteiger partial charge on any atom is 0.261 e. The quantitative estimate of drug-likeness (QED) is 0.487. The Morgan fingerprint density at radius 2 is 1.50 bits per heavy atom. The molecule has 0 atom stereocenters. The molecule has 0 unspecified atom stereocenters. The Kier molecular flexibility index (Phi) is 7.02. The van der Waals surface area contributed by atoms with Crippen molar-refractivity contribution in [3.63, 3.8) is 0 Å². The van der Waals surface area contributed by atoms with Crippen molar-refractivity contribution in [1.82, 2.24) is 0 Å². The van der Waals surface area contributed by atoms with E-state index in [1.807, 2.05) is 13.2 Å². The van der Waals surface area contributed by atoms with Crippen LogP contribution < -0.4 is 14.8 Å². The molecule has 3 aromatic carbocycles. The topological polar surface area (TPSA) is 84.5 Å². The zero-order valence-corrected chi connectivity index (χ0v) is 18.2. The number of ether oxygens (including phenoxy) is 1. The van der Waals surface area contributed by atoms with E-state index in [9.17, 15) is 13.2 Å². The Labute approximate surface area is 180 Å². The summed E-state index contributed by atoms with van der Waals surface area (Å²) < 4.78 is 33.0. The van der Waals surface area contributed by atoms with Crippen LogP contribution in [0.25, 0.3) is 0 Å². The van der Waals surface area contributed by atoms with Gasteiger partial charge in [0.05, 0.1) is 11.5 Å². The van der Waals surface area contributed by atoms with E-state index >= 15 is 0 Å². The van der Waals surface area contributed by atoms with Crippen molar-refractivity contribution in [2.75, 3.05) is 22.9 Å². The molecule has 3 aromatic rings. The third-order valence-electron chi connectivity index (χ3n) is 4.19. The SMILES string of the molecule is CCOc1ccc(NC(=O)c2ccc(NS(=O)(=O)c3ccc(SC)cc3)cc2)cc1. The molecule has 2 N–H and O–H groups in total. The van der Waals surface area contributed by atoms with Crippen LogP contribution in [0.1, 0.15) is 17.3 Å². The molecule has 30 heavy (non-hydrogen) atoms. The lowest BCUT2D eigenvalue weighted by molar-refractivity contribution is 0.102. The zero-order chi connectivity index (χ0) is 21.6. The van der Waals surface area contributed by atoms with Gasteiger partial charge in [-0.05, 0) is 86.0 Å². The molecule has 0 heterocycles. The van der Waals surface area contributed by atoms with E-state index in [1.54, 1.807) is 84.6 Å². The van der Waals surface area contributed by atoms with Crippen molar-refractivity contribution >= 4 is 39.1 Å². The second-order valence-corrected chi connectivity index (χ2v) is 8.83. The summed E-state index contributed by atoms with van der Waals surface area (Å²) in [4.78, 5) is 13.6. The predicted molar refractivity (Wildman–Crippen MR) is 121 cm³/mol. The number of hydrogen-bond acceptors (Lipinski definition) is 5. The van der Waals surface area contributed by atoms with Crippen molar-refractivity contribution in [2.24, 2.45) is 0 Å². The normalized spacial score (nSPS) is 11.0. The summed E-state index contributed by atoms with van der Waals surface area (Å²) in [6, 6.07) is 20.0. The number of amides is 1. The van der Waals surface area contributed by atoms with Gasteiger partial charge in [-0.3, -0.25) is 9.52 Å². The summed E-state index contributed by atoms with van der Waals surface area (Å²) in [5.74, 6) is 0.441. The van der Waals surface area contributed by atoms with Gasteiger partial charge in [0.1, 0.15) is 5.75 Å². The largest absolute Gasteiger partial charge is 0.494 e. The molecule has 6 nitrogen and oxygen atoms in total. The second kappa shape index (κ2) is 9.69. The summed E-state index contributed by atoms with van der Waals surface area (Å²) >= 11 is 1.54. The van der Waals surface area contributed by atoms with E-state index in [-0.39, 0.29) is 10.8 Å². The lowest BCUT2D eigenvalue weighted by atomic mass is 10.2. The van der Waals surface area contributed by atoms with Crippen LogP contribution in [0.5, 0.6) is 5.75 Å². The van der Waals surface area contributed by atoms with Gasteiger partial charge in [-0.15, -0.1) is 11.8 Å². The molecule has 3 rings (SSSR count). The van der Waals surface area contributed by atoms with Crippen LogP contribution in [0.3, 0.4) is 0 Å². The fourth-order valence-corrected chi connectivity index (χ4v) is 4.13. The number of thioether (sulfide) groups is 1. The average Bonchev–Trinajstić information content (AvgIpc) is 2.75. The second-order valence-electron chi connectivity index (χ2n) is 6.27. The molecule has 0 saturated carbocycles. The van der Waals surface area contributed by atoms with Gasteiger partial charge in [0.25, 0.3) is 15.9 Å². The number of benzene rings is 3. The van der Waals surface area contributed by atoms with Crippen LogP contribution >= 0.6 is 11.8 Å². The molecule has 8 heteroatoms. The van der Waals surface area contributed by atoms with Crippen LogP contribution in [-0.2, 0) is 10.0 Å². The number of anilines is 2. The van der Waals surface area contributed by atoms with Crippen LogP contribution in [0.15, 0.2) is 82.6 Å². The summed E-state index contributed by atoms with van der Waals surface area (Å²) in [5.41, 5.74) is 1.43. The molecular weight excluding hydrogens is 420 g/mol. The highest BCUT2D eigenvalue weighted by molar-refractivity contribution is 7.98. The number of sulfonamides is 1. The summed E-state index contributed by atoms with van der Waals surface area (Å²) in [7, 11) is -3.70. The zero-order valence-electron chi connectivity index (χ0n) is 16.6. The Hall–Kier alpha value is -2.97. The van der Waals surface area contributed by atoms with Gasteiger partial charge in [-0.1, -0.05) is 0 Å². The third-order valence-corrected chi connectivity index (χ3v) is 6.33. The molecule has 0 bridgehead atoms. The predicted octanol–water partition coefficient (Wildman–Crippen LogP) is 4.86. The molecule has 0 aliphatic rings. The van der Waals surface area contributed by atoms with Crippen LogP contribution in [0.2, 0.25) is 0 Å². The third kappa shape index (κ3) is 5.55. The van der Waals surface area contributed by atoms with Crippen LogP contribution in [0.4, 0.5) is 11.4 Å². The fraction of sp³-hybridized carbons (Fsp3) is 0.136. The Balaban J connectivity index is 1.65. The number of carbonyl (C=O) groups is 1. The Morgan fingerprint density at radius 3 is 2.07 bits per heavy atom. The summed E-state index contributed by atoms with van der Waals surface area (Å²) in [6.07, 6.45) is 1.93. The van der Waals surface area contributed by atoms with Gasteiger partial charge in [-0.2, -0.15) is 0 Å². The van der Waals surface area contributed by atoms with Crippen molar-refractivity contribution in [3.8, 4) is 5.75 Å². The van der Waals surface area contributed by atoms with E-state index in [4.69, 9.17) is 4.74 Å². The molecule has 1 amide bonds. The summed E-state index contributed by atoms with van der Waals surface area (Å²) in [6.45, 7) is 2.48. The van der Waals surface area contributed by atoms with Crippen LogP contribution in [0, 0.1) is 0 Å². The molecule has 0 aliphatic heterocycles. The molecule has 156 valence electrons. The molecular formula is C22H22N2O4S2. The Bertz CT molecular complexity index is 1100. The van der Waals surface area contributed by atoms with Gasteiger partial charge in [0, 0.05) is 21.8 Å². The number of rotatable bonds is 8. The minimum Gasteiger partial charge on any atom is -0.494 e. The maximum absolute atomic E-state index is 12.5. The minimum absolute atomic E-state index is 0.178. The van der Waals surface area contributed by atoms with E-state index in [2.05, 4.69) is 10.0 Å². The van der Waals surface area contributed by atoms with Crippen molar-refractivity contribution in [3.05, 3.63) is 78.4 Å². The standard InChI is InChI=1S/C22H22N2O4S2/c1-3-28-19-10-8-17(9-11-19)23-22(25)16-4-6-18(7-5-16)24-30(26,27)21-14-12-20(29-2)13-15-21/h4-15,24H,3H2,1-2H3,(H,23,25). The van der Waals surface area contributed by atoms with Crippen molar-refractivity contribution in [1.29, 1.82) is 0 Å². The van der Waals surface area contributed by atoms with E-state index in [0.717, 1.165) is 10.6 Å². The van der Waals surface area contributed by atoms with E-state index in [1.165, 1.54) is 0 Å². The fourth-order valence-electron chi connectivity index (χ4n) is 2.66. The molecule has 0 spiro atoms. The highest BCUT2D eigenvalue weighted by Crippen LogP contribution is 2.21. The highest BCUT2D eigenvalue weighted by Gasteiger charge is 2.14. The number of carbonyl (C=O) groups excluding carboxylic acids is 1. The monoisotopic (exact) mass is 442 g/mol. The first-order valence-electron chi connectivity index (χ1n) is 9.22. The minimum atomic E-state index is -3.70. The molecule has 0 radical (unpaired) electrons. The first-order valence-corrected chi connectivity index (χ1v) is 11.9. The molecule has 0 fully saturated rings. The number of nitrogens with one attached hydrogen (secondary N) is 2. The first kappa shape index (κ1) is 21.7. The first-order chi connectivity index (χ1) is 14.4. The van der Waals surface area contributed by atoms with Gasteiger partial charge >= 0.3 is 0 Å². The van der Waals surface area contributed by atoms with Gasteiger partial charge in [-0.25, -0.2) is 8.42 Å². The lowest BCUT2D eigenvalue weighted by Gasteiger charge is -2.10. The average molecular weight is 443 g/mol. The van der Waals surface area contributed by atoms with Gasteiger partial charge < -0.3 is 10.1 Å². The van der Waals surface area contributed by atoms with Crippen molar-refractivity contribution < 1.29 is 17.9 Å². The smallest absolute Gasteiger partial charge is 0.261 e. The van der Waals surface area contributed by atoms with Crippen molar-refractivity contribution in [2.45, 2.75) is 16.7 Å². The van der Waals surface area contributed by atoms with E-state index in [0.29, 0.717) is 23.5 Å². The maximum atomic E-state index is 12.5. The molecule has 0 saturated heterocycles. The lowest BCUT2D eigenvalue weighted by Crippen LogP contribution is -2.14. The number of hydrogen-bond donors (Lipinski definition) is 2. The molecule has 0 aromatic heterocycles. The van der Waals surface area contributed by atoms with Gasteiger partial charge in [0.15, 0.2) is 0 Å². The highest BCUT2D eigenvalue weighted by atomic mass is 32.2.